The van der Waals surface area contributed by atoms with Crippen LogP contribution >= 0.6 is 0 Å². The molecule has 0 radical (unpaired) electrons. The highest BCUT2D eigenvalue weighted by atomic mass is 16.5. The van der Waals surface area contributed by atoms with Crippen molar-refractivity contribution in [1.82, 2.24) is 0 Å². The van der Waals surface area contributed by atoms with Crippen molar-refractivity contribution in [2.75, 3.05) is 14.2 Å². The lowest BCUT2D eigenvalue weighted by atomic mass is 9.82. The van der Waals surface area contributed by atoms with E-state index in [4.69, 9.17) is 14.2 Å². The molecular formula is C36H42O5. The predicted molar refractivity (Wildman–Crippen MR) is 164 cm³/mol. The van der Waals surface area contributed by atoms with Gasteiger partial charge in [-0.25, -0.2) is 0 Å². The highest BCUT2D eigenvalue weighted by Gasteiger charge is 2.35. The average Bonchev–Trinajstić information content (AvgIpc) is 2.98. The third-order valence-corrected chi connectivity index (χ3v) is 7.46. The molecule has 0 saturated carbocycles. The number of ether oxygens (including phenoxy) is 3. The highest BCUT2D eigenvalue weighted by Crippen LogP contribution is 2.39. The lowest BCUT2D eigenvalue weighted by Gasteiger charge is -2.37. The predicted octanol–water partition coefficient (Wildman–Crippen LogP) is 6.96. The van der Waals surface area contributed by atoms with Gasteiger partial charge in [0.25, 0.3) is 0 Å². The normalized spacial score (nSPS) is 15.8. The number of methoxy groups -OCH3 is 2. The lowest BCUT2D eigenvalue weighted by molar-refractivity contribution is -0.0633. The van der Waals surface area contributed by atoms with Crippen LogP contribution in [0.3, 0.4) is 0 Å². The first-order valence-electron chi connectivity index (χ1n) is 14.3. The molecule has 216 valence electrons. The Bertz CT molecular complexity index is 1220. The molecule has 5 nitrogen and oxygen atoms in total. The molecule has 0 aromatic heterocycles. The summed E-state index contributed by atoms with van der Waals surface area (Å²) in [5.41, 5.74) is 4.24. The molecular weight excluding hydrogens is 512 g/mol. The quantitative estimate of drug-likeness (QED) is 0.176. The molecule has 41 heavy (non-hydrogen) atoms. The van der Waals surface area contributed by atoms with Crippen LogP contribution in [0, 0.1) is 0 Å². The summed E-state index contributed by atoms with van der Waals surface area (Å²) in [4.78, 5) is 0. The second-order valence-corrected chi connectivity index (χ2v) is 10.7. The van der Waals surface area contributed by atoms with Gasteiger partial charge in [-0.15, -0.1) is 0 Å². The minimum absolute atomic E-state index is 0.181. The van der Waals surface area contributed by atoms with Gasteiger partial charge in [-0.1, -0.05) is 84.9 Å². The molecule has 0 heterocycles. The van der Waals surface area contributed by atoms with E-state index in [2.05, 4.69) is 36.4 Å². The van der Waals surface area contributed by atoms with Gasteiger partial charge in [-0.05, 0) is 60.4 Å². The Kier molecular flexibility index (Phi) is 11.0. The summed E-state index contributed by atoms with van der Waals surface area (Å²) in [6, 6.07) is 36.6. The van der Waals surface area contributed by atoms with Crippen LogP contribution in [0.4, 0.5) is 0 Å². The molecule has 0 fully saturated rings. The topological polar surface area (TPSA) is 68.2 Å². The number of aliphatic hydroxyl groups is 2. The van der Waals surface area contributed by atoms with E-state index in [1.807, 2.05) is 72.8 Å². The summed E-state index contributed by atoms with van der Waals surface area (Å²) in [6.45, 7) is 3.59. The minimum Gasteiger partial charge on any atom is -0.497 e. The molecule has 4 aromatic rings. The largest absolute Gasteiger partial charge is 0.497 e. The second kappa shape index (κ2) is 14.8. The fraction of sp³-hybridized carbons (Fsp3) is 0.333. The first-order chi connectivity index (χ1) is 19.9. The zero-order valence-electron chi connectivity index (χ0n) is 24.4. The van der Waals surface area contributed by atoms with E-state index >= 15 is 0 Å². The van der Waals surface area contributed by atoms with Crippen LogP contribution in [-0.4, -0.2) is 48.8 Å². The van der Waals surface area contributed by atoms with Crippen molar-refractivity contribution in [3.8, 4) is 11.5 Å². The van der Waals surface area contributed by atoms with Gasteiger partial charge in [0.15, 0.2) is 0 Å². The van der Waals surface area contributed by atoms with Crippen molar-refractivity contribution >= 4 is 0 Å². The second-order valence-electron chi connectivity index (χ2n) is 10.7. The first kappa shape index (κ1) is 30.3. The molecule has 0 aliphatic carbocycles. The van der Waals surface area contributed by atoms with Crippen molar-refractivity contribution < 1.29 is 24.4 Å². The van der Waals surface area contributed by atoms with Crippen LogP contribution in [0.2, 0.25) is 0 Å². The van der Waals surface area contributed by atoms with E-state index < -0.39 is 24.4 Å². The average molecular weight is 555 g/mol. The van der Waals surface area contributed by atoms with Gasteiger partial charge in [-0.2, -0.15) is 0 Å². The summed E-state index contributed by atoms with van der Waals surface area (Å²) in [7, 11) is 3.33. The maximum atomic E-state index is 10.7. The van der Waals surface area contributed by atoms with Gasteiger partial charge < -0.3 is 24.4 Å². The summed E-state index contributed by atoms with van der Waals surface area (Å²) < 4.78 is 18.3. The number of hydrogen-bond acceptors (Lipinski definition) is 5. The molecule has 4 rings (SSSR count). The maximum absolute atomic E-state index is 10.7. The zero-order chi connectivity index (χ0) is 29.2. The first-order valence-corrected chi connectivity index (χ1v) is 14.3. The van der Waals surface area contributed by atoms with E-state index in [0.717, 1.165) is 33.8 Å². The molecule has 0 aliphatic heterocycles. The molecule has 0 saturated heterocycles. The number of benzene rings is 4. The van der Waals surface area contributed by atoms with Crippen molar-refractivity contribution in [2.24, 2.45) is 0 Å². The fourth-order valence-corrected chi connectivity index (χ4v) is 5.67. The number of aliphatic hydroxyl groups excluding tert-OH is 2. The van der Waals surface area contributed by atoms with Crippen LogP contribution < -0.4 is 9.47 Å². The molecule has 0 amide bonds. The van der Waals surface area contributed by atoms with Gasteiger partial charge in [0.2, 0.25) is 0 Å². The summed E-state index contributed by atoms with van der Waals surface area (Å²) >= 11 is 0. The molecule has 0 aliphatic rings. The number of rotatable bonds is 14. The SMILES string of the molecule is COc1cccc(C(c2ccccc2)C(CC(C)O)OC(CC(C)O)C(c2ccccc2)c2cccc(OC)c2)c1. The molecule has 5 heteroatoms. The molecule has 0 bridgehead atoms. The van der Waals surface area contributed by atoms with Crippen LogP contribution in [0.5, 0.6) is 11.5 Å². The lowest BCUT2D eigenvalue weighted by Crippen LogP contribution is -2.36. The number of hydrogen-bond donors (Lipinski definition) is 2. The van der Waals surface area contributed by atoms with Gasteiger partial charge in [-0.3, -0.25) is 0 Å². The summed E-state index contributed by atoms with van der Waals surface area (Å²) in [5.74, 6) is 1.16. The fourth-order valence-electron chi connectivity index (χ4n) is 5.67. The Labute approximate surface area is 244 Å². The Morgan fingerprint density at radius 1 is 0.512 bits per heavy atom. The molecule has 2 N–H and O–H groups in total. The standard InChI is InChI=1S/C36H42O5/c1-25(37)21-33(35(27-13-7-5-8-14-27)29-17-11-19-31(23-29)39-3)41-34(22-26(2)38)36(28-15-9-6-10-16-28)30-18-12-20-32(24-30)40-4/h5-20,23-26,33-38H,21-22H2,1-4H3. The third-order valence-electron chi connectivity index (χ3n) is 7.46. The van der Waals surface area contributed by atoms with Gasteiger partial charge in [0, 0.05) is 24.7 Å². The molecule has 6 unspecified atom stereocenters. The third kappa shape index (κ3) is 8.20. The van der Waals surface area contributed by atoms with E-state index in [1.54, 1.807) is 28.1 Å². The van der Waals surface area contributed by atoms with Crippen molar-refractivity contribution in [1.29, 1.82) is 0 Å². The Balaban J connectivity index is 1.85. The van der Waals surface area contributed by atoms with E-state index in [1.165, 1.54) is 0 Å². The zero-order valence-corrected chi connectivity index (χ0v) is 24.4. The smallest absolute Gasteiger partial charge is 0.119 e. The van der Waals surface area contributed by atoms with Crippen LogP contribution in [0.15, 0.2) is 109 Å². The van der Waals surface area contributed by atoms with Crippen LogP contribution in [0.25, 0.3) is 0 Å². The summed E-state index contributed by atoms with van der Waals surface area (Å²) in [6.07, 6.45) is -1.18. The van der Waals surface area contributed by atoms with E-state index in [-0.39, 0.29) is 11.8 Å². The minimum atomic E-state index is -0.601. The van der Waals surface area contributed by atoms with Gasteiger partial charge >= 0.3 is 0 Å². The van der Waals surface area contributed by atoms with Crippen LogP contribution in [0.1, 0.15) is 60.8 Å². The van der Waals surface area contributed by atoms with E-state index in [0.29, 0.717) is 12.8 Å². The van der Waals surface area contributed by atoms with E-state index in [9.17, 15) is 10.2 Å². The highest BCUT2D eigenvalue weighted by molar-refractivity contribution is 5.40. The molecule has 4 aromatic carbocycles. The van der Waals surface area contributed by atoms with Crippen molar-refractivity contribution in [3.05, 3.63) is 131 Å². The summed E-state index contributed by atoms with van der Waals surface area (Å²) in [5, 5.41) is 21.5. The van der Waals surface area contributed by atoms with Crippen molar-refractivity contribution in [3.63, 3.8) is 0 Å². The Morgan fingerprint density at radius 2 is 0.878 bits per heavy atom. The van der Waals surface area contributed by atoms with Crippen molar-refractivity contribution in [2.45, 2.75) is 62.9 Å². The monoisotopic (exact) mass is 554 g/mol. The van der Waals surface area contributed by atoms with Gasteiger partial charge in [0.1, 0.15) is 11.5 Å². The Hall–Kier alpha value is -3.64. The van der Waals surface area contributed by atoms with Gasteiger partial charge in [0.05, 0.1) is 38.6 Å². The maximum Gasteiger partial charge on any atom is 0.119 e. The Morgan fingerprint density at radius 3 is 1.22 bits per heavy atom. The van der Waals surface area contributed by atoms with Crippen LogP contribution in [-0.2, 0) is 4.74 Å². The molecule has 6 atom stereocenters. The molecule has 0 spiro atoms.